The molecule has 5 nitrogen and oxygen atoms in total. The van der Waals surface area contributed by atoms with Gasteiger partial charge in [-0.2, -0.15) is 4.99 Å². The number of amides is 1. The SMILES string of the molecule is NC1=NC(=O)OC12CCN(Cc1ccccc1)C2. The molecule has 0 radical (unpaired) electrons. The fraction of sp³-hybridized carbons (Fsp3) is 0.385. The van der Waals surface area contributed by atoms with Crippen molar-refractivity contribution in [3.05, 3.63) is 35.9 Å². The van der Waals surface area contributed by atoms with E-state index in [1.165, 1.54) is 5.56 Å². The lowest BCUT2D eigenvalue weighted by Gasteiger charge is -2.22. The number of hydrogen-bond donors (Lipinski definition) is 1. The Labute approximate surface area is 105 Å². The minimum absolute atomic E-state index is 0.322. The van der Waals surface area contributed by atoms with E-state index in [1.807, 2.05) is 18.2 Å². The number of likely N-dealkylation sites (tertiary alicyclic amines) is 1. The molecule has 1 unspecified atom stereocenters. The van der Waals surface area contributed by atoms with Gasteiger partial charge in [0.15, 0.2) is 11.4 Å². The quantitative estimate of drug-likeness (QED) is 0.848. The zero-order valence-electron chi connectivity index (χ0n) is 10.0. The molecule has 1 fully saturated rings. The van der Waals surface area contributed by atoms with E-state index < -0.39 is 11.7 Å². The molecule has 2 aliphatic heterocycles. The van der Waals surface area contributed by atoms with E-state index in [0.717, 1.165) is 19.5 Å². The standard InChI is InChI=1S/C13H15N3O2/c14-11-13(18-12(17)15-11)6-7-16(9-13)8-10-4-2-1-3-5-10/h1-5H,6-9H2,(H2,14,15,17). The number of aliphatic imine (C=N–C) groups is 1. The van der Waals surface area contributed by atoms with E-state index in [4.69, 9.17) is 10.5 Å². The van der Waals surface area contributed by atoms with E-state index in [9.17, 15) is 4.79 Å². The zero-order valence-corrected chi connectivity index (χ0v) is 10.0. The fourth-order valence-electron chi connectivity index (χ4n) is 2.57. The van der Waals surface area contributed by atoms with Crippen molar-refractivity contribution in [2.24, 2.45) is 10.7 Å². The Morgan fingerprint density at radius 3 is 2.83 bits per heavy atom. The van der Waals surface area contributed by atoms with E-state index in [1.54, 1.807) is 0 Å². The molecule has 1 amide bonds. The van der Waals surface area contributed by atoms with Crippen molar-refractivity contribution in [2.75, 3.05) is 13.1 Å². The smallest absolute Gasteiger partial charge is 0.432 e. The predicted molar refractivity (Wildman–Crippen MR) is 67.2 cm³/mol. The summed E-state index contributed by atoms with van der Waals surface area (Å²) in [5, 5.41) is 0. The van der Waals surface area contributed by atoms with Crippen LogP contribution in [0.4, 0.5) is 4.79 Å². The van der Waals surface area contributed by atoms with Gasteiger partial charge in [-0.1, -0.05) is 30.3 Å². The third kappa shape index (κ3) is 1.86. The van der Waals surface area contributed by atoms with Gasteiger partial charge in [0, 0.05) is 26.1 Å². The summed E-state index contributed by atoms with van der Waals surface area (Å²) < 4.78 is 5.28. The molecule has 2 N–H and O–H groups in total. The van der Waals surface area contributed by atoms with Gasteiger partial charge in [-0.25, -0.2) is 4.79 Å². The largest absolute Gasteiger partial charge is 0.436 e. The van der Waals surface area contributed by atoms with Crippen LogP contribution in [0, 0.1) is 0 Å². The van der Waals surface area contributed by atoms with Crippen molar-refractivity contribution in [1.82, 2.24) is 4.90 Å². The topological polar surface area (TPSA) is 67.9 Å². The summed E-state index contributed by atoms with van der Waals surface area (Å²) in [6, 6.07) is 10.2. The van der Waals surface area contributed by atoms with Crippen LogP contribution < -0.4 is 5.73 Å². The highest BCUT2D eigenvalue weighted by Crippen LogP contribution is 2.30. The number of carbonyl (C=O) groups is 1. The van der Waals surface area contributed by atoms with Crippen LogP contribution in [0.15, 0.2) is 35.3 Å². The summed E-state index contributed by atoms with van der Waals surface area (Å²) in [5.41, 5.74) is 6.37. The highest BCUT2D eigenvalue weighted by atomic mass is 16.6. The molecule has 3 rings (SSSR count). The van der Waals surface area contributed by atoms with E-state index in [2.05, 4.69) is 22.0 Å². The molecule has 0 saturated carbocycles. The highest BCUT2D eigenvalue weighted by molar-refractivity contribution is 6.02. The van der Waals surface area contributed by atoms with Crippen LogP contribution in [-0.2, 0) is 11.3 Å². The molecule has 94 valence electrons. The third-order valence-corrected chi connectivity index (χ3v) is 3.52. The summed E-state index contributed by atoms with van der Waals surface area (Å²) in [5.74, 6) is 0.322. The predicted octanol–water partition coefficient (Wildman–Crippen LogP) is 1.14. The maximum absolute atomic E-state index is 11.2. The number of hydrogen-bond acceptors (Lipinski definition) is 4. The summed E-state index contributed by atoms with van der Waals surface area (Å²) in [6.45, 7) is 2.33. The molecule has 5 heteroatoms. The molecule has 1 aromatic rings. The summed E-state index contributed by atoms with van der Waals surface area (Å²) in [4.78, 5) is 17.1. The third-order valence-electron chi connectivity index (χ3n) is 3.52. The number of carbonyl (C=O) groups excluding carboxylic acids is 1. The van der Waals surface area contributed by atoms with Gasteiger partial charge in [0.05, 0.1) is 0 Å². The van der Waals surface area contributed by atoms with Crippen molar-refractivity contribution in [1.29, 1.82) is 0 Å². The molecular weight excluding hydrogens is 230 g/mol. The van der Waals surface area contributed by atoms with Crippen LogP contribution in [0.3, 0.4) is 0 Å². The van der Waals surface area contributed by atoms with Gasteiger partial charge in [-0.15, -0.1) is 0 Å². The lowest BCUT2D eigenvalue weighted by Crippen LogP contribution is -2.45. The first-order chi connectivity index (χ1) is 8.68. The minimum atomic E-state index is -0.675. The molecule has 1 aromatic carbocycles. The fourth-order valence-corrected chi connectivity index (χ4v) is 2.57. The Morgan fingerprint density at radius 1 is 1.39 bits per heavy atom. The van der Waals surface area contributed by atoms with Gasteiger partial charge in [0.25, 0.3) is 0 Å². The second-order valence-corrected chi connectivity index (χ2v) is 4.81. The van der Waals surface area contributed by atoms with Crippen molar-refractivity contribution >= 4 is 11.9 Å². The Hall–Kier alpha value is -1.88. The molecule has 1 saturated heterocycles. The van der Waals surface area contributed by atoms with Crippen LogP contribution in [0.25, 0.3) is 0 Å². The van der Waals surface area contributed by atoms with Gasteiger partial charge in [0.1, 0.15) is 0 Å². The number of amidine groups is 1. The first-order valence-corrected chi connectivity index (χ1v) is 6.02. The van der Waals surface area contributed by atoms with Crippen LogP contribution in [0.5, 0.6) is 0 Å². The van der Waals surface area contributed by atoms with E-state index >= 15 is 0 Å². The zero-order chi connectivity index (χ0) is 12.6. The summed E-state index contributed by atoms with van der Waals surface area (Å²) in [7, 11) is 0. The van der Waals surface area contributed by atoms with Crippen LogP contribution in [0.2, 0.25) is 0 Å². The van der Waals surface area contributed by atoms with Gasteiger partial charge in [-0.3, -0.25) is 4.90 Å². The Balaban J connectivity index is 1.69. The molecule has 0 aliphatic carbocycles. The Bertz CT molecular complexity index is 500. The number of rotatable bonds is 2. The number of benzene rings is 1. The summed E-state index contributed by atoms with van der Waals surface area (Å²) in [6.07, 6.45) is 0.162. The molecule has 0 bridgehead atoms. The maximum atomic E-state index is 11.2. The molecule has 2 aliphatic rings. The Kier molecular flexibility index (Phi) is 2.56. The second kappa shape index (κ2) is 4.10. The van der Waals surface area contributed by atoms with Crippen molar-refractivity contribution in [3.8, 4) is 0 Å². The number of nitrogens with zero attached hydrogens (tertiary/aromatic N) is 2. The molecular formula is C13H15N3O2. The first-order valence-electron chi connectivity index (χ1n) is 6.02. The lowest BCUT2D eigenvalue weighted by atomic mass is 10.0. The molecule has 0 aromatic heterocycles. The molecule has 1 spiro atoms. The van der Waals surface area contributed by atoms with Gasteiger partial charge >= 0.3 is 6.09 Å². The van der Waals surface area contributed by atoms with Crippen LogP contribution >= 0.6 is 0 Å². The second-order valence-electron chi connectivity index (χ2n) is 4.81. The first kappa shape index (κ1) is 11.2. The average molecular weight is 245 g/mol. The van der Waals surface area contributed by atoms with Gasteiger partial charge in [-0.05, 0) is 5.56 Å². The van der Waals surface area contributed by atoms with Crippen molar-refractivity contribution in [3.63, 3.8) is 0 Å². The lowest BCUT2D eigenvalue weighted by molar-refractivity contribution is 0.0852. The Morgan fingerprint density at radius 2 is 2.17 bits per heavy atom. The van der Waals surface area contributed by atoms with Crippen molar-refractivity contribution in [2.45, 2.75) is 18.6 Å². The van der Waals surface area contributed by atoms with Crippen molar-refractivity contribution < 1.29 is 9.53 Å². The highest BCUT2D eigenvalue weighted by Gasteiger charge is 2.48. The average Bonchev–Trinajstić information content (AvgIpc) is 2.86. The van der Waals surface area contributed by atoms with Crippen LogP contribution in [0.1, 0.15) is 12.0 Å². The normalized spacial score (nSPS) is 27.6. The van der Waals surface area contributed by atoms with E-state index in [0.29, 0.717) is 12.4 Å². The van der Waals surface area contributed by atoms with Crippen LogP contribution in [-0.4, -0.2) is 35.5 Å². The summed E-state index contributed by atoms with van der Waals surface area (Å²) >= 11 is 0. The molecule has 2 heterocycles. The minimum Gasteiger partial charge on any atom is -0.432 e. The number of ether oxygens (including phenoxy) is 1. The monoisotopic (exact) mass is 245 g/mol. The van der Waals surface area contributed by atoms with Gasteiger partial charge in [0.2, 0.25) is 0 Å². The molecule has 1 atom stereocenters. The van der Waals surface area contributed by atoms with Gasteiger partial charge < -0.3 is 10.5 Å². The molecule has 18 heavy (non-hydrogen) atoms. The van der Waals surface area contributed by atoms with E-state index in [-0.39, 0.29) is 0 Å². The number of nitrogens with two attached hydrogens (primary N) is 1. The maximum Gasteiger partial charge on any atom is 0.436 e.